The SMILES string of the molecule is Cc1ccc(NC(=O)N2CCN(c3nc4cc(F)ccc4n4cccc34)CC2)c(Cl)c1. The highest BCUT2D eigenvalue weighted by atomic mass is 35.5. The van der Waals surface area contributed by atoms with E-state index >= 15 is 0 Å². The third-order valence-electron chi connectivity index (χ3n) is 5.63. The quantitative estimate of drug-likeness (QED) is 0.483. The van der Waals surface area contributed by atoms with Crippen molar-refractivity contribution in [1.82, 2.24) is 14.3 Å². The minimum Gasteiger partial charge on any atom is -0.351 e. The Bertz CT molecular complexity index is 1300. The van der Waals surface area contributed by atoms with Crippen LogP contribution in [-0.2, 0) is 0 Å². The van der Waals surface area contributed by atoms with Crippen molar-refractivity contribution in [3.8, 4) is 0 Å². The number of hydrogen-bond donors (Lipinski definition) is 1. The molecule has 1 N–H and O–H groups in total. The summed E-state index contributed by atoms with van der Waals surface area (Å²) in [4.78, 5) is 21.4. The van der Waals surface area contributed by atoms with Crippen LogP contribution in [0.3, 0.4) is 0 Å². The van der Waals surface area contributed by atoms with Gasteiger partial charge in [0.25, 0.3) is 0 Å². The normalized spacial score (nSPS) is 14.4. The predicted molar refractivity (Wildman–Crippen MR) is 122 cm³/mol. The summed E-state index contributed by atoms with van der Waals surface area (Å²) in [7, 11) is 0. The third-order valence-corrected chi connectivity index (χ3v) is 5.95. The van der Waals surface area contributed by atoms with Gasteiger partial charge in [-0.05, 0) is 48.9 Å². The van der Waals surface area contributed by atoms with Crippen molar-refractivity contribution >= 4 is 45.7 Å². The summed E-state index contributed by atoms with van der Waals surface area (Å²) in [5.74, 6) is 0.485. The number of benzene rings is 2. The van der Waals surface area contributed by atoms with E-state index in [0.29, 0.717) is 42.4 Å². The lowest BCUT2D eigenvalue weighted by Gasteiger charge is -2.35. The topological polar surface area (TPSA) is 52.9 Å². The molecule has 5 rings (SSSR count). The van der Waals surface area contributed by atoms with Gasteiger partial charge in [0.05, 0.1) is 27.3 Å². The Hall–Kier alpha value is -3.32. The fourth-order valence-corrected chi connectivity index (χ4v) is 4.29. The van der Waals surface area contributed by atoms with Gasteiger partial charge in [0, 0.05) is 38.4 Å². The lowest BCUT2D eigenvalue weighted by molar-refractivity contribution is 0.208. The van der Waals surface area contributed by atoms with Crippen LogP contribution in [0.2, 0.25) is 5.02 Å². The molecule has 1 saturated heterocycles. The largest absolute Gasteiger partial charge is 0.351 e. The first-order chi connectivity index (χ1) is 15.0. The van der Waals surface area contributed by atoms with E-state index in [1.165, 1.54) is 12.1 Å². The summed E-state index contributed by atoms with van der Waals surface area (Å²) < 4.78 is 15.8. The molecule has 31 heavy (non-hydrogen) atoms. The number of piperazine rings is 1. The molecule has 0 unspecified atom stereocenters. The fourth-order valence-electron chi connectivity index (χ4n) is 4.00. The molecule has 158 valence electrons. The van der Waals surface area contributed by atoms with Crippen LogP contribution in [0.5, 0.6) is 0 Å². The lowest BCUT2D eigenvalue weighted by atomic mass is 10.2. The van der Waals surface area contributed by atoms with Crippen LogP contribution in [0.15, 0.2) is 54.7 Å². The number of nitrogens with zero attached hydrogens (tertiary/aromatic N) is 4. The number of anilines is 2. The molecule has 0 aliphatic carbocycles. The molecular formula is C23H21ClFN5O. The van der Waals surface area contributed by atoms with Gasteiger partial charge in [0.1, 0.15) is 5.82 Å². The summed E-state index contributed by atoms with van der Waals surface area (Å²) in [6.45, 7) is 4.30. The Morgan fingerprint density at radius 2 is 1.87 bits per heavy atom. The van der Waals surface area contributed by atoms with Crippen LogP contribution in [0.25, 0.3) is 16.6 Å². The number of carbonyl (C=O) groups excluding carboxylic acids is 1. The van der Waals surface area contributed by atoms with Gasteiger partial charge in [-0.3, -0.25) is 0 Å². The Balaban J connectivity index is 1.35. The highest BCUT2D eigenvalue weighted by Crippen LogP contribution is 2.27. The maximum absolute atomic E-state index is 13.8. The second-order valence-corrected chi connectivity index (χ2v) is 8.13. The number of nitrogens with one attached hydrogen (secondary N) is 1. The van der Waals surface area contributed by atoms with E-state index in [-0.39, 0.29) is 11.8 Å². The van der Waals surface area contributed by atoms with E-state index in [2.05, 4.69) is 10.2 Å². The maximum atomic E-state index is 13.8. The molecule has 0 spiro atoms. The van der Waals surface area contributed by atoms with E-state index in [1.54, 1.807) is 11.0 Å². The van der Waals surface area contributed by atoms with Crippen molar-refractivity contribution in [3.63, 3.8) is 0 Å². The number of aryl methyl sites for hydroxylation is 1. The van der Waals surface area contributed by atoms with Gasteiger partial charge >= 0.3 is 6.03 Å². The highest BCUT2D eigenvalue weighted by Gasteiger charge is 2.24. The van der Waals surface area contributed by atoms with Crippen LogP contribution in [-0.4, -0.2) is 46.5 Å². The van der Waals surface area contributed by atoms with Gasteiger partial charge in [-0.15, -0.1) is 0 Å². The maximum Gasteiger partial charge on any atom is 0.322 e. The smallest absolute Gasteiger partial charge is 0.322 e. The van der Waals surface area contributed by atoms with Crippen molar-refractivity contribution in [3.05, 3.63) is 71.1 Å². The van der Waals surface area contributed by atoms with Crippen molar-refractivity contribution in [2.24, 2.45) is 0 Å². The van der Waals surface area contributed by atoms with Crippen molar-refractivity contribution in [2.75, 3.05) is 36.4 Å². The molecule has 1 aliphatic rings. The number of aromatic nitrogens is 2. The summed E-state index contributed by atoms with van der Waals surface area (Å²) in [5, 5.41) is 3.42. The number of carbonyl (C=O) groups is 1. The molecule has 1 aliphatic heterocycles. The lowest BCUT2D eigenvalue weighted by Crippen LogP contribution is -2.50. The van der Waals surface area contributed by atoms with E-state index in [1.807, 2.05) is 47.9 Å². The Morgan fingerprint density at radius 1 is 1.06 bits per heavy atom. The van der Waals surface area contributed by atoms with E-state index in [9.17, 15) is 9.18 Å². The van der Waals surface area contributed by atoms with Gasteiger partial charge in [0.2, 0.25) is 0 Å². The molecule has 4 aromatic rings. The molecule has 2 aromatic carbocycles. The average molecular weight is 438 g/mol. The minimum atomic E-state index is -0.311. The first-order valence-electron chi connectivity index (χ1n) is 10.1. The standard InChI is InChI=1S/C23H21ClFN5O/c1-15-4-6-18(17(24)13-15)27-23(31)29-11-9-28(10-12-29)22-21-3-2-8-30(21)20-7-5-16(25)14-19(20)26-22/h2-8,13-14H,9-12H2,1H3,(H,27,31). The summed E-state index contributed by atoms with van der Waals surface area (Å²) in [6, 6.07) is 14.0. The van der Waals surface area contributed by atoms with Gasteiger partial charge in [-0.25, -0.2) is 14.2 Å². The number of rotatable bonds is 2. The number of halogens is 2. The summed E-state index contributed by atoms with van der Waals surface area (Å²) >= 11 is 6.24. The van der Waals surface area contributed by atoms with Gasteiger partial charge < -0.3 is 19.5 Å². The molecule has 3 heterocycles. The zero-order valence-electron chi connectivity index (χ0n) is 17.0. The van der Waals surface area contributed by atoms with Gasteiger partial charge in [0.15, 0.2) is 5.82 Å². The molecule has 0 atom stereocenters. The predicted octanol–water partition coefficient (Wildman–Crippen LogP) is 4.94. The highest BCUT2D eigenvalue weighted by molar-refractivity contribution is 6.33. The Labute approximate surface area is 183 Å². The zero-order chi connectivity index (χ0) is 21.5. The molecule has 6 nitrogen and oxygen atoms in total. The molecule has 8 heteroatoms. The van der Waals surface area contributed by atoms with Crippen LogP contribution in [0.4, 0.5) is 20.7 Å². The third kappa shape index (κ3) is 3.65. The first-order valence-corrected chi connectivity index (χ1v) is 10.5. The zero-order valence-corrected chi connectivity index (χ0v) is 17.7. The molecular weight excluding hydrogens is 417 g/mol. The number of urea groups is 1. The number of fused-ring (bicyclic) bond motifs is 3. The van der Waals surface area contributed by atoms with Crippen molar-refractivity contribution in [1.29, 1.82) is 0 Å². The Kier molecular flexibility index (Phi) is 4.90. The van der Waals surface area contributed by atoms with Gasteiger partial charge in [-0.1, -0.05) is 17.7 Å². The van der Waals surface area contributed by atoms with Crippen LogP contribution in [0, 0.1) is 12.7 Å². The van der Waals surface area contributed by atoms with E-state index in [0.717, 1.165) is 22.4 Å². The summed E-state index contributed by atoms with van der Waals surface area (Å²) in [6.07, 6.45) is 1.95. The fraction of sp³-hybridized carbons (Fsp3) is 0.217. The molecule has 0 bridgehead atoms. The number of hydrogen-bond acceptors (Lipinski definition) is 3. The molecule has 0 saturated carbocycles. The van der Waals surface area contributed by atoms with Crippen molar-refractivity contribution in [2.45, 2.75) is 6.92 Å². The molecule has 1 fully saturated rings. The van der Waals surface area contributed by atoms with Crippen molar-refractivity contribution < 1.29 is 9.18 Å². The molecule has 2 aromatic heterocycles. The van der Waals surface area contributed by atoms with Crippen LogP contribution < -0.4 is 10.2 Å². The molecule has 0 radical (unpaired) electrons. The van der Waals surface area contributed by atoms with Crippen LogP contribution >= 0.6 is 11.6 Å². The second-order valence-electron chi connectivity index (χ2n) is 7.72. The van der Waals surface area contributed by atoms with Gasteiger partial charge in [-0.2, -0.15) is 0 Å². The average Bonchev–Trinajstić information content (AvgIpc) is 3.25. The van der Waals surface area contributed by atoms with Crippen LogP contribution in [0.1, 0.15) is 5.56 Å². The Morgan fingerprint density at radius 3 is 2.65 bits per heavy atom. The monoisotopic (exact) mass is 437 g/mol. The van der Waals surface area contributed by atoms with E-state index < -0.39 is 0 Å². The number of amides is 2. The minimum absolute atomic E-state index is 0.174. The first kappa shape index (κ1) is 19.6. The second kappa shape index (κ2) is 7.74. The van der Waals surface area contributed by atoms with E-state index in [4.69, 9.17) is 16.6 Å². The molecule has 2 amide bonds. The summed E-state index contributed by atoms with van der Waals surface area (Å²) in [5.41, 5.74) is 4.07.